The number of nitro groups is 1. The van der Waals surface area contributed by atoms with Gasteiger partial charge in [0.15, 0.2) is 0 Å². The summed E-state index contributed by atoms with van der Waals surface area (Å²) in [4.78, 5) is 10.6. The zero-order valence-corrected chi connectivity index (χ0v) is 16.7. The number of halogens is 2. The molecule has 0 atom stereocenters. The molecule has 144 valence electrons. The minimum atomic E-state index is -0.432. The van der Waals surface area contributed by atoms with Crippen LogP contribution >= 0.6 is 23.2 Å². The first-order chi connectivity index (χ1) is 13.4. The van der Waals surface area contributed by atoms with Crippen molar-refractivity contribution in [3.8, 4) is 11.5 Å². The molecule has 0 fully saturated rings. The van der Waals surface area contributed by atoms with E-state index in [0.717, 1.165) is 16.7 Å². The van der Waals surface area contributed by atoms with E-state index < -0.39 is 4.92 Å². The van der Waals surface area contributed by atoms with Crippen molar-refractivity contribution in [2.75, 3.05) is 14.2 Å². The number of hydrogen-bond donors (Lipinski definition) is 0. The molecule has 5 nitrogen and oxygen atoms in total. The Morgan fingerprint density at radius 3 is 1.68 bits per heavy atom. The van der Waals surface area contributed by atoms with Gasteiger partial charge in [0.25, 0.3) is 5.69 Å². The highest BCUT2D eigenvalue weighted by atomic mass is 35.5. The molecule has 0 aliphatic heterocycles. The zero-order chi connectivity index (χ0) is 20.3. The number of ether oxygens (including phenoxy) is 2. The van der Waals surface area contributed by atoms with Gasteiger partial charge in [-0.05, 0) is 42.0 Å². The minimum absolute atomic E-state index is 0.0126. The Hall–Kier alpha value is -2.76. The topological polar surface area (TPSA) is 61.6 Å². The van der Waals surface area contributed by atoms with Gasteiger partial charge in [-0.1, -0.05) is 35.3 Å². The molecule has 0 unspecified atom stereocenters. The Bertz CT molecular complexity index is 952. The number of methoxy groups -OCH3 is 2. The molecular weight excluding hydrogens is 401 g/mol. The molecule has 0 saturated heterocycles. The minimum Gasteiger partial charge on any atom is -0.496 e. The Kier molecular flexibility index (Phi) is 6.07. The van der Waals surface area contributed by atoms with Crippen LogP contribution in [0.2, 0.25) is 10.0 Å². The van der Waals surface area contributed by atoms with E-state index in [4.69, 9.17) is 32.7 Å². The lowest BCUT2D eigenvalue weighted by molar-refractivity contribution is -0.384. The molecule has 0 N–H and O–H groups in total. The van der Waals surface area contributed by atoms with Crippen molar-refractivity contribution in [1.29, 1.82) is 0 Å². The normalized spacial score (nSPS) is 10.8. The number of benzene rings is 3. The summed E-state index contributed by atoms with van der Waals surface area (Å²) in [5.74, 6) is 0.910. The first kappa shape index (κ1) is 20.0. The molecule has 0 aromatic heterocycles. The van der Waals surface area contributed by atoms with Crippen LogP contribution in [-0.4, -0.2) is 19.1 Å². The molecule has 0 aliphatic carbocycles. The van der Waals surface area contributed by atoms with Crippen molar-refractivity contribution in [3.05, 3.63) is 97.5 Å². The molecule has 3 rings (SSSR count). The predicted molar refractivity (Wildman–Crippen MR) is 110 cm³/mol. The average molecular weight is 418 g/mol. The number of hydrogen-bond acceptors (Lipinski definition) is 4. The Morgan fingerprint density at radius 2 is 1.29 bits per heavy atom. The molecule has 28 heavy (non-hydrogen) atoms. The van der Waals surface area contributed by atoms with Crippen molar-refractivity contribution in [2.45, 2.75) is 5.92 Å². The summed E-state index contributed by atoms with van der Waals surface area (Å²) in [5.41, 5.74) is 2.42. The Labute approximate surface area is 172 Å². The monoisotopic (exact) mass is 417 g/mol. The molecule has 3 aromatic carbocycles. The number of non-ortho nitro benzene ring substituents is 1. The predicted octanol–water partition coefficient (Wildman–Crippen LogP) is 6.10. The molecular formula is C21H17Cl2NO4. The molecule has 0 amide bonds. The molecule has 0 heterocycles. The third kappa shape index (κ3) is 4.06. The van der Waals surface area contributed by atoms with Gasteiger partial charge in [0, 0.05) is 39.2 Å². The summed E-state index contributed by atoms with van der Waals surface area (Å²) in [7, 11) is 3.16. The smallest absolute Gasteiger partial charge is 0.269 e. The molecule has 0 bridgehead atoms. The largest absolute Gasteiger partial charge is 0.496 e. The van der Waals surface area contributed by atoms with Crippen molar-refractivity contribution in [2.24, 2.45) is 0 Å². The van der Waals surface area contributed by atoms with Crippen LogP contribution in [0.1, 0.15) is 22.6 Å². The second-order valence-corrected chi connectivity index (χ2v) is 6.93. The lowest BCUT2D eigenvalue weighted by Gasteiger charge is -2.23. The van der Waals surface area contributed by atoms with Crippen LogP contribution in [0.25, 0.3) is 0 Å². The van der Waals surface area contributed by atoms with Crippen LogP contribution in [-0.2, 0) is 0 Å². The van der Waals surface area contributed by atoms with E-state index in [9.17, 15) is 10.1 Å². The maximum Gasteiger partial charge on any atom is 0.269 e. The summed E-state index contributed by atoms with van der Waals surface area (Å²) in [6, 6.07) is 17.0. The third-order valence-corrected chi connectivity index (χ3v) is 4.91. The molecule has 0 saturated carbocycles. The summed E-state index contributed by atoms with van der Waals surface area (Å²) in [6.07, 6.45) is 0. The van der Waals surface area contributed by atoms with Gasteiger partial charge >= 0.3 is 0 Å². The molecule has 0 aliphatic rings. The maximum absolute atomic E-state index is 11.0. The van der Waals surface area contributed by atoms with Crippen molar-refractivity contribution in [3.63, 3.8) is 0 Å². The van der Waals surface area contributed by atoms with E-state index in [2.05, 4.69) is 0 Å². The van der Waals surface area contributed by atoms with E-state index in [-0.39, 0.29) is 11.6 Å². The van der Waals surface area contributed by atoms with E-state index in [1.54, 1.807) is 50.6 Å². The van der Waals surface area contributed by atoms with E-state index in [1.807, 2.05) is 12.1 Å². The van der Waals surface area contributed by atoms with Crippen LogP contribution in [0.4, 0.5) is 5.69 Å². The van der Waals surface area contributed by atoms with Crippen LogP contribution in [0.3, 0.4) is 0 Å². The van der Waals surface area contributed by atoms with Crippen LogP contribution < -0.4 is 9.47 Å². The van der Waals surface area contributed by atoms with Gasteiger partial charge in [-0.3, -0.25) is 10.1 Å². The fourth-order valence-electron chi connectivity index (χ4n) is 3.18. The number of rotatable bonds is 6. The van der Waals surface area contributed by atoms with Gasteiger partial charge in [0.1, 0.15) is 11.5 Å². The second kappa shape index (κ2) is 8.50. The molecule has 0 spiro atoms. The van der Waals surface area contributed by atoms with Gasteiger partial charge in [0.05, 0.1) is 19.1 Å². The third-order valence-electron chi connectivity index (χ3n) is 4.44. The second-order valence-electron chi connectivity index (χ2n) is 6.05. The summed E-state index contributed by atoms with van der Waals surface area (Å²) in [6.45, 7) is 0. The Balaban J connectivity index is 2.27. The van der Waals surface area contributed by atoms with E-state index in [0.29, 0.717) is 21.5 Å². The average Bonchev–Trinajstić information content (AvgIpc) is 2.69. The fourth-order valence-corrected chi connectivity index (χ4v) is 3.54. The van der Waals surface area contributed by atoms with Gasteiger partial charge < -0.3 is 9.47 Å². The zero-order valence-electron chi connectivity index (χ0n) is 15.2. The summed E-state index contributed by atoms with van der Waals surface area (Å²) >= 11 is 12.5. The highest BCUT2D eigenvalue weighted by Crippen LogP contribution is 2.43. The first-order valence-corrected chi connectivity index (χ1v) is 9.11. The standard InChI is InChI=1S/C21H17Cl2NO4/c1-27-19-9-5-14(22)11-17(19)21(13-3-7-16(8-4-13)24(25)26)18-12-15(23)6-10-20(18)28-2/h3-12,21H,1-2H3. The van der Waals surface area contributed by atoms with E-state index >= 15 is 0 Å². The molecule has 7 heteroatoms. The van der Waals surface area contributed by atoms with Crippen molar-refractivity contribution >= 4 is 28.9 Å². The SMILES string of the molecule is COc1ccc(Cl)cc1C(c1ccc([N+](=O)[O-])cc1)c1cc(Cl)ccc1OC. The van der Waals surface area contributed by atoms with Crippen molar-refractivity contribution in [1.82, 2.24) is 0 Å². The van der Waals surface area contributed by atoms with Gasteiger partial charge in [-0.2, -0.15) is 0 Å². The summed E-state index contributed by atoms with van der Waals surface area (Å²) in [5, 5.41) is 12.1. The number of nitrogens with zero attached hydrogens (tertiary/aromatic N) is 1. The van der Waals surface area contributed by atoms with Crippen LogP contribution in [0.15, 0.2) is 60.7 Å². The fraction of sp³-hybridized carbons (Fsp3) is 0.143. The first-order valence-electron chi connectivity index (χ1n) is 8.35. The highest BCUT2D eigenvalue weighted by Gasteiger charge is 2.25. The van der Waals surface area contributed by atoms with E-state index in [1.165, 1.54) is 12.1 Å². The molecule has 0 radical (unpaired) electrons. The lowest BCUT2D eigenvalue weighted by atomic mass is 9.84. The van der Waals surface area contributed by atoms with Crippen LogP contribution in [0, 0.1) is 10.1 Å². The molecule has 3 aromatic rings. The van der Waals surface area contributed by atoms with Gasteiger partial charge in [-0.25, -0.2) is 0 Å². The maximum atomic E-state index is 11.0. The van der Waals surface area contributed by atoms with Gasteiger partial charge in [-0.15, -0.1) is 0 Å². The summed E-state index contributed by atoms with van der Waals surface area (Å²) < 4.78 is 11.1. The van der Waals surface area contributed by atoms with Crippen LogP contribution in [0.5, 0.6) is 11.5 Å². The lowest BCUT2D eigenvalue weighted by Crippen LogP contribution is -2.08. The Morgan fingerprint density at radius 1 is 0.821 bits per heavy atom. The quantitative estimate of drug-likeness (QED) is 0.276. The highest BCUT2D eigenvalue weighted by molar-refractivity contribution is 6.31. The number of nitro benzene ring substituents is 1. The van der Waals surface area contributed by atoms with Crippen molar-refractivity contribution < 1.29 is 14.4 Å². The van der Waals surface area contributed by atoms with Gasteiger partial charge in [0.2, 0.25) is 0 Å².